The van der Waals surface area contributed by atoms with Gasteiger partial charge in [0, 0.05) is 21.9 Å². The second-order valence-corrected chi connectivity index (χ2v) is 17.6. The Hall–Kier alpha value is -6.56. The molecule has 330 valence electrons. The van der Waals surface area contributed by atoms with E-state index in [1.807, 2.05) is 72.8 Å². The third-order valence-electron chi connectivity index (χ3n) is 12.7. The highest BCUT2D eigenvalue weighted by atomic mass is 16.5. The number of nitrogens with zero attached hydrogens (tertiary/aromatic N) is 6. The maximum Gasteiger partial charge on any atom is 0.168 e. The van der Waals surface area contributed by atoms with E-state index in [1.165, 1.54) is 0 Å². The third-order valence-corrected chi connectivity index (χ3v) is 12.7. The van der Waals surface area contributed by atoms with E-state index in [0.29, 0.717) is 119 Å². The van der Waals surface area contributed by atoms with Crippen molar-refractivity contribution >= 4 is 44.1 Å². The fraction of sp³-hybridized carbons (Fsp3) is 0.385. The van der Waals surface area contributed by atoms with Gasteiger partial charge in [0.2, 0.25) is 0 Å². The van der Waals surface area contributed by atoms with Gasteiger partial charge in [0.1, 0.15) is 45.6 Å². The van der Waals surface area contributed by atoms with E-state index in [-0.39, 0.29) is 0 Å². The molecule has 4 atom stereocenters. The van der Waals surface area contributed by atoms with E-state index < -0.39 is 0 Å². The molecule has 0 unspecified atom stereocenters. The highest BCUT2D eigenvalue weighted by Crippen LogP contribution is 2.44. The summed E-state index contributed by atoms with van der Waals surface area (Å²) in [5.41, 5.74) is 5.41. The Kier molecular flexibility index (Phi) is 12.2. The zero-order chi connectivity index (χ0) is 44.5. The van der Waals surface area contributed by atoms with Crippen molar-refractivity contribution in [3.8, 4) is 68.5 Å². The molecule has 12 heteroatoms. The highest BCUT2D eigenvalue weighted by Gasteiger charge is 2.28. The molecule has 12 nitrogen and oxygen atoms in total. The lowest BCUT2D eigenvalue weighted by molar-refractivity contribution is 0.257. The van der Waals surface area contributed by atoms with Gasteiger partial charge in [0.15, 0.2) is 23.3 Å². The van der Waals surface area contributed by atoms with Crippen LogP contribution in [-0.4, -0.2) is 66.3 Å². The lowest BCUT2D eigenvalue weighted by atomic mass is 10.1. The number of hydrogen-bond acceptors (Lipinski definition) is 10. The van der Waals surface area contributed by atoms with Gasteiger partial charge in [-0.05, 0) is 47.9 Å². The van der Waals surface area contributed by atoms with E-state index >= 15 is 0 Å². The topological polar surface area (TPSA) is 146 Å². The molecule has 0 spiro atoms. The molecule has 2 aliphatic heterocycles. The van der Waals surface area contributed by atoms with Gasteiger partial charge in [-0.2, -0.15) is 0 Å². The molecule has 0 saturated heterocycles. The number of nitrogens with one attached hydrogen (secondary N) is 2. The zero-order valence-electron chi connectivity index (χ0n) is 38.2. The predicted octanol–water partition coefficient (Wildman–Crippen LogP) is 12.6. The lowest BCUT2D eigenvalue weighted by Crippen LogP contribution is -2.08. The molecule has 4 aromatic carbocycles. The van der Waals surface area contributed by atoms with Gasteiger partial charge in [-0.25, -0.2) is 29.9 Å². The fourth-order valence-corrected chi connectivity index (χ4v) is 7.74. The van der Waals surface area contributed by atoms with Gasteiger partial charge < -0.3 is 28.9 Å². The van der Waals surface area contributed by atoms with Crippen molar-refractivity contribution in [3.63, 3.8) is 0 Å². The average molecular weight is 859 g/mol. The van der Waals surface area contributed by atoms with E-state index in [9.17, 15) is 0 Å². The van der Waals surface area contributed by atoms with E-state index in [0.717, 1.165) is 69.5 Å². The first-order valence-corrected chi connectivity index (χ1v) is 23.0. The van der Waals surface area contributed by atoms with Crippen LogP contribution in [0.15, 0.2) is 72.8 Å². The molecule has 0 amide bonds. The van der Waals surface area contributed by atoms with Gasteiger partial charge in [0.25, 0.3) is 0 Å². The molecule has 0 fully saturated rings. The number of fused-ring (bicyclic) bond motifs is 20. The van der Waals surface area contributed by atoms with Crippen LogP contribution < -0.4 is 18.9 Å². The number of hydrogen-bond donors (Lipinski definition) is 2. The molecule has 3 aromatic heterocycles. The van der Waals surface area contributed by atoms with Crippen LogP contribution in [0, 0.1) is 23.7 Å². The molecule has 7 aromatic rings. The van der Waals surface area contributed by atoms with E-state index in [4.69, 9.17) is 48.9 Å². The summed E-state index contributed by atoms with van der Waals surface area (Å²) in [6.07, 6.45) is 3.97. The minimum absolute atomic E-state index is 0.354. The lowest BCUT2D eigenvalue weighted by Gasteiger charge is -2.13. The van der Waals surface area contributed by atoms with Crippen molar-refractivity contribution in [2.24, 2.45) is 23.7 Å². The van der Waals surface area contributed by atoms with Crippen molar-refractivity contribution in [1.29, 1.82) is 0 Å². The molecule has 0 saturated carbocycles. The van der Waals surface area contributed by atoms with Crippen LogP contribution in [-0.2, 0) is 0 Å². The smallest absolute Gasteiger partial charge is 0.168 e. The molecule has 0 radical (unpaired) electrons. The first kappa shape index (κ1) is 42.7. The Morgan fingerprint density at radius 3 is 1.09 bits per heavy atom. The Bertz CT molecular complexity index is 2810. The highest BCUT2D eigenvalue weighted by molar-refractivity contribution is 6.10. The van der Waals surface area contributed by atoms with E-state index in [2.05, 4.69) is 65.4 Å². The summed E-state index contributed by atoms with van der Waals surface area (Å²) in [6, 6.07) is 24.0. The van der Waals surface area contributed by atoms with Gasteiger partial charge in [-0.1, -0.05) is 130 Å². The largest absolute Gasteiger partial charge is 0.493 e. The van der Waals surface area contributed by atoms with Crippen LogP contribution in [0.3, 0.4) is 0 Å². The van der Waals surface area contributed by atoms with Crippen molar-refractivity contribution in [2.45, 2.75) is 81.1 Å². The summed E-state index contributed by atoms with van der Waals surface area (Å²) < 4.78 is 26.3. The normalized spacial score (nSPS) is 13.9. The average Bonchev–Trinajstić information content (AvgIpc) is 4.07. The van der Waals surface area contributed by atoms with Gasteiger partial charge in [-0.15, -0.1) is 0 Å². The van der Waals surface area contributed by atoms with Crippen LogP contribution in [0.25, 0.3) is 89.7 Å². The molecule has 2 aliphatic rings. The van der Waals surface area contributed by atoms with Crippen molar-refractivity contribution in [2.75, 3.05) is 26.4 Å². The van der Waals surface area contributed by atoms with Crippen LogP contribution >= 0.6 is 0 Å². The molecule has 64 heavy (non-hydrogen) atoms. The van der Waals surface area contributed by atoms with Crippen molar-refractivity contribution < 1.29 is 18.9 Å². The molecular formula is C52H58N8O4. The Morgan fingerprint density at radius 1 is 0.391 bits per heavy atom. The number of benzene rings is 4. The number of rotatable bonds is 16. The monoisotopic (exact) mass is 858 g/mol. The minimum Gasteiger partial charge on any atom is -0.493 e. The van der Waals surface area contributed by atoms with Crippen LogP contribution in [0.5, 0.6) is 23.0 Å². The van der Waals surface area contributed by atoms with Gasteiger partial charge in [0.05, 0.1) is 48.3 Å². The van der Waals surface area contributed by atoms with E-state index in [1.54, 1.807) is 0 Å². The molecule has 9 rings (SSSR count). The van der Waals surface area contributed by atoms with Gasteiger partial charge >= 0.3 is 0 Å². The summed E-state index contributed by atoms with van der Waals surface area (Å²) in [6.45, 7) is 19.6. The summed E-state index contributed by atoms with van der Waals surface area (Å²) in [7, 11) is 0. The maximum absolute atomic E-state index is 6.57. The number of H-pyrrole nitrogens is 2. The SMILES string of the molecule is CC[C@H](C)COc1cccc2c1-c1nc-2nc2[nH]c(nc3nc(nc4[nH]c(n1)c1cccc(OC[C@@H](C)CC)c41)-c1cccc(OC[C@@H](C)CC)c1-3)c1cccc(OC[C@@H](C)CC)c21. The summed E-state index contributed by atoms with van der Waals surface area (Å²) >= 11 is 0. The Labute approximate surface area is 374 Å². The molecular weight excluding hydrogens is 801 g/mol. The third kappa shape index (κ3) is 8.21. The Balaban J connectivity index is 1.40. The fourth-order valence-electron chi connectivity index (χ4n) is 7.74. The van der Waals surface area contributed by atoms with Crippen molar-refractivity contribution in [1.82, 2.24) is 39.9 Å². The summed E-state index contributed by atoms with van der Waals surface area (Å²) in [5.74, 6) is 6.12. The first-order chi connectivity index (χ1) is 31.2. The summed E-state index contributed by atoms with van der Waals surface area (Å²) in [4.78, 5) is 39.0. The van der Waals surface area contributed by atoms with Crippen LogP contribution in [0.2, 0.25) is 0 Å². The van der Waals surface area contributed by atoms with Crippen LogP contribution in [0.1, 0.15) is 81.1 Å². The number of aromatic amines is 2. The zero-order valence-corrected chi connectivity index (χ0v) is 38.2. The van der Waals surface area contributed by atoms with Gasteiger partial charge in [-0.3, -0.25) is 0 Å². The Morgan fingerprint density at radius 2 is 0.719 bits per heavy atom. The number of aromatic nitrogens is 8. The molecule has 8 bridgehead atoms. The van der Waals surface area contributed by atoms with Crippen LogP contribution in [0.4, 0.5) is 0 Å². The number of ether oxygens (including phenoxy) is 4. The summed E-state index contributed by atoms with van der Waals surface area (Å²) in [5, 5.41) is 3.26. The molecule has 0 aliphatic carbocycles. The standard InChI is InChI=1S/C52H58N8O4/c1-9-29(5)25-61-37-21-13-17-33-41(37)49-53-45(33)58-50-43-35(19-15-23-39(43)63-27-31(7)11-3)47(55-50)60-52-44-36(20-16-24-40(44)64-28-32(8)12-4)48(56-52)59-51-42-34(46(54-51)57-49)18-14-22-38(42)62-26-30(6)10-2/h13-24,29-32H,9-12,25-28H2,1-8H3,(H2,53,54,55,56,57,58,59,60)/t29-,30-,31-,32-/m0/s1. The second kappa shape index (κ2) is 18.3. The van der Waals surface area contributed by atoms with Crippen molar-refractivity contribution in [3.05, 3.63) is 72.8 Å². The maximum atomic E-state index is 6.57. The minimum atomic E-state index is 0.354. The molecule has 2 N–H and O–H groups in total. The second-order valence-electron chi connectivity index (χ2n) is 17.6. The predicted molar refractivity (Wildman–Crippen MR) is 256 cm³/mol. The first-order valence-electron chi connectivity index (χ1n) is 23.0. The quantitative estimate of drug-likeness (QED) is 0.0962. The molecule has 5 heterocycles.